The summed E-state index contributed by atoms with van der Waals surface area (Å²) in [6.07, 6.45) is 0. The average molecular weight is 328 g/mol. The maximum Gasteiger partial charge on any atom is 0.155 e. The van der Waals surface area contributed by atoms with Crippen molar-refractivity contribution in [3.63, 3.8) is 0 Å². The Labute approximate surface area is 130 Å². The van der Waals surface area contributed by atoms with Crippen LogP contribution in [0.4, 0.5) is 0 Å². The normalized spacial score (nSPS) is 28.1. The van der Waals surface area contributed by atoms with Gasteiger partial charge in [-0.1, -0.05) is 30.7 Å². The predicted molar refractivity (Wildman–Crippen MR) is 82.0 cm³/mol. The average Bonchev–Trinajstić information content (AvgIpc) is 3.16. The first-order valence-electron chi connectivity index (χ1n) is 6.89. The fourth-order valence-corrected chi connectivity index (χ4v) is 4.99. The molecular weight excluding hydrogens is 310 g/mol. The molecule has 1 saturated carbocycles. The Bertz CT molecular complexity index is 650. The number of nitrogens with zero attached hydrogens (tertiary/aromatic N) is 1. The molecule has 1 fully saturated rings. The smallest absolute Gasteiger partial charge is 0.155 e. The second-order valence-corrected chi connectivity index (χ2v) is 8.04. The van der Waals surface area contributed by atoms with Gasteiger partial charge in [-0.25, -0.2) is 8.42 Å². The first-order chi connectivity index (χ1) is 9.93. The van der Waals surface area contributed by atoms with E-state index in [1.165, 1.54) is 0 Å². The van der Waals surface area contributed by atoms with Gasteiger partial charge in [0.1, 0.15) is 5.41 Å². The molecule has 0 spiro atoms. The molecule has 0 aromatic heterocycles. The summed E-state index contributed by atoms with van der Waals surface area (Å²) in [6.45, 7) is 4.02. The van der Waals surface area contributed by atoms with Gasteiger partial charge in [0, 0.05) is 23.3 Å². The molecule has 4 nitrogen and oxygen atoms in total. The highest BCUT2D eigenvalue weighted by molar-refractivity contribution is 7.92. The first kappa shape index (κ1) is 16.3. The standard InChI is InChI=1S/C15H18ClNO3S/c1-3-20-10-15(9-17)13(14(15)21(18,19)4-2)11-5-7-12(16)8-6-11/h5-8,13-14H,3-4,10H2,1-2H3/t13-,14-,15+/m0/s1. The molecule has 114 valence electrons. The van der Waals surface area contributed by atoms with E-state index < -0.39 is 20.5 Å². The fraction of sp³-hybridized carbons (Fsp3) is 0.533. The number of hydrogen-bond donors (Lipinski definition) is 0. The van der Waals surface area contributed by atoms with Crippen molar-refractivity contribution < 1.29 is 13.2 Å². The third-order valence-electron chi connectivity index (χ3n) is 4.03. The summed E-state index contributed by atoms with van der Waals surface area (Å²) in [5.41, 5.74) is -0.165. The van der Waals surface area contributed by atoms with E-state index in [1.807, 2.05) is 6.92 Å². The highest BCUT2D eigenvalue weighted by atomic mass is 35.5. The van der Waals surface area contributed by atoms with Crippen molar-refractivity contribution in [1.82, 2.24) is 0 Å². The van der Waals surface area contributed by atoms with E-state index in [2.05, 4.69) is 6.07 Å². The van der Waals surface area contributed by atoms with Gasteiger partial charge >= 0.3 is 0 Å². The van der Waals surface area contributed by atoms with Crippen LogP contribution in [0.3, 0.4) is 0 Å². The molecule has 2 rings (SSSR count). The lowest BCUT2D eigenvalue weighted by molar-refractivity contribution is 0.117. The largest absolute Gasteiger partial charge is 0.380 e. The summed E-state index contributed by atoms with van der Waals surface area (Å²) in [4.78, 5) is 0. The Kier molecular flexibility index (Phi) is 4.62. The third-order valence-corrected chi connectivity index (χ3v) is 6.55. The number of sulfone groups is 1. The number of hydrogen-bond acceptors (Lipinski definition) is 4. The van der Waals surface area contributed by atoms with Gasteiger partial charge in [-0.2, -0.15) is 5.26 Å². The van der Waals surface area contributed by atoms with Crippen molar-refractivity contribution in [1.29, 1.82) is 5.26 Å². The summed E-state index contributed by atoms with van der Waals surface area (Å²) in [7, 11) is -3.32. The number of halogens is 1. The summed E-state index contributed by atoms with van der Waals surface area (Å²) in [6, 6.07) is 9.21. The van der Waals surface area contributed by atoms with E-state index in [0.29, 0.717) is 11.6 Å². The van der Waals surface area contributed by atoms with Crippen LogP contribution in [-0.2, 0) is 14.6 Å². The third kappa shape index (κ3) is 2.80. The van der Waals surface area contributed by atoms with Crippen LogP contribution in [0.25, 0.3) is 0 Å². The predicted octanol–water partition coefficient (Wildman–Crippen LogP) is 2.79. The van der Waals surface area contributed by atoms with Gasteiger partial charge in [0.25, 0.3) is 0 Å². The molecule has 21 heavy (non-hydrogen) atoms. The molecule has 6 heteroatoms. The highest BCUT2D eigenvalue weighted by Crippen LogP contribution is 2.63. The van der Waals surface area contributed by atoms with Gasteiger partial charge in [-0.15, -0.1) is 0 Å². The molecular formula is C15H18ClNO3S. The van der Waals surface area contributed by atoms with Crippen molar-refractivity contribution in [2.75, 3.05) is 19.0 Å². The Morgan fingerprint density at radius 3 is 2.43 bits per heavy atom. The molecule has 0 N–H and O–H groups in total. The molecule has 1 aliphatic carbocycles. The van der Waals surface area contributed by atoms with E-state index in [9.17, 15) is 13.7 Å². The van der Waals surface area contributed by atoms with E-state index in [-0.39, 0.29) is 18.3 Å². The van der Waals surface area contributed by atoms with Crippen LogP contribution in [0.1, 0.15) is 25.3 Å². The SMILES string of the molecule is CCOC[C@]1(C#N)[C@@H](c2ccc(Cl)cc2)[C@@H]1S(=O)(=O)CC. The lowest BCUT2D eigenvalue weighted by atomic mass is 10.0. The van der Waals surface area contributed by atoms with Crippen molar-refractivity contribution in [3.05, 3.63) is 34.9 Å². The van der Waals surface area contributed by atoms with Crippen LogP contribution < -0.4 is 0 Å². The van der Waals surface area contributed by atoms with Crippen molar-refractivity contribution >= 4 is 21.4 Å². The van der Waals surface area contributed by atoms with E-state index in [0.717, 1.165) is 5.56 Å². The number of benzene rings is 1. The first-order valence-corrected chi connectivity index (χ1v) is 8.98. The van der Waals surface area contributed by atoms with Crippen LogP contribution in [0, 0.1) is 16.7 Å². The zero-order chi connectivity index (χ0) is 15.7. The Morgan fingerprint density at radius 2 is 1.95 bits per heavy atom. The van der Waals surface area contributed by atoms with Crippen LogP contribution >= 0.6 is 11.6 Å². The van der Waals surface area contributed by atoms with Gasteiger partial charge < -0.3 is 4.74 Å². The van der Waals surface area contributed by atoms with Crippen LogP contribution in [0.15, 0.2) is 24.3 Å². The van der Waals surface area contributed by atoms with Crippen molar-refractivity contribution in [3.8, 4) is 6.07 Å². The number of nitriles is 1. The molecule has 0 unspecified atom stereocenters. The molecule has 0 heterocycles. The Hall–Kier alpha value is -1.09. The topological polar surface area (TPSA) is 67.2 Å². The lowest BCUT2D eigenvalue weighted by Crippen LogP contribution is -2.20. The molecule has 1 aromatic rings. The summed E-state index contributed by atoms with van der Waals surface area (Å²) < 4.78 is 30.0. The molecule has 0 aliphatic heterocycles. The van der Waals surface area contributed by atoms with E-state index >= 15 is 0 Å². The minimum atomic E-state index is -3.32. The lowest BCUT2D eigenvalue weighted by Gasteiger charge is -2.09. The number of ether oxygens (including phenoxy) is 1. The van der Waals surface area contributed by atoms with E-state index in [1.54, 1.807) is 31.2 Å². The minimum absolute atomic E-state index is 0.0251. The molecule has 0 amide bonds. The minimum Gasteiger partial charge on any atom is -0.380 e. The second-order valence-electron chi connectivity index (χ2n) is 5.19. The summed E-state index contributed by atoms with van der Waals surface area (Å²) in [5.74, 6) is -0.326. The summed E-state index contributed by atoms with van der Waals surface area (Å²) in [5, 5.41) is 9.46. The van der Waals surface area contributed by atoms with Crippen LogP contribution in [0.5, 0.6) is 0 Å². The highest BCUT2D eigenvalue weighted by Gasteiger charge is 2.71. The maximum absolute atomic E-state index is 12.3. The molecule has 0 bridgehead atoms. The van der Waals surface area contributed by atoms with Crippen LogP contribution in [-0.4, -0.2) is 32.6 Å². The van der Waals surface area contributed by atoms with Gasteiger partial charge in [0.2, 0.25) is 0 Å². The monoisotopic (exact) mass is 327 g/mol. The van der Waals surface area contributed by atoms with Crippen molar-refractivity contribution in [2.24, 2.45) is 5.41 Å². The molecule has 0 saturated heterocycles. The van der Waals surface area contributed by atoms with Gasteiger partial charge in [-0.05, 0) is 24.6 Å². The van der Waals surface area contributed by atoms with Crippen molar-refractivity contribution in [2.45, 2.75) is 25.0 Å². The fourth-order valence-electron chi connectivity index (χ4n) is 2.86. The van der Waals surface area contributed by atoms with E-state index in [4.69, 9.17) is 16.3 Å². The maximum atomic E-state index is 12.3. The quantitative estimate of drug-likeness (QED) is 0.805. The molecule has 1 aliphatic rings. The van der Waals surface area contributed by atoms with Gasteiger partial charge in [0.15, 0.2) is 9.84 Å². The zero-order valence-corrected chi connectivity index (χ0v) is 13.6. The Morgan fingerprint density at radius 1 is 1.33 bits per heavy atom. The van der Waals surface area contributed by atoms with Gasteiger partial charge in [-0.3, -0.25) is 0 Å². The zero-order valence-electron chi connectivity index (χ0n) is 12.0. The summed E-state index contributed by atoms with van der Waals surface area (Å²) >= 11 is 5.87. The Balaban J connectivity index is 2.42. The second kappa shape index (κ2) is 5.96. The number of rotatable bonds is 6. The molecule has 3 atom stereocenters. The van der Waals surface area contributed by atoms with Gasteiger partial charge in [0.05, 0.1) is 17.9 Å². The molecule has 0 radical (unpaired) electrons. The molecule has 1 aromatic carbocycles. The van der Waals surface area contributed by atoms with Crippen LogP contribution in [0.2, 0.25) is 5.02 Å².